The van der Waals surface area contributed by atoms with Crippen LogP contribution in [0.1, 0.15) is 43.7 Å². The summed E-state index contributed by atoms with van der Waals surface area (Å²) in [4.78, 5) is 2.66. The van der Waals surface area contributed by atoms with Crippen molar-refractivity contribution in [1.82, 2.24) is 4.90 Å². The molecule has 3 heteroatoms. The molecule has 2 nitrogen and oxygen atoms in total. The lowest BCUT2D eigenvalue weighted by Crippen LogP contribution is -2.31. The zero-order valence-corrected chi connectivity index (χ0v) is 12.1. The zero-order valence-electron chi connectivity index (χ0n) is 11.4. The minimum absolute atomic E-state index is 0.0640. The van der Waals surface area contributed by atoms with Crippen LogP contribution < -0.4 is 5.73 Å². The predicted octanol–water partition coefficient (Wildman–Crippen LogP) is 3.60. The maximum absolute atomic E-state index is 6.30. The van der Waals surface area contributed by atoms with Crippen molar-refractivity contribution in [2.24, 2.45) is 11.7 Å². The first-order valence-corrected chi connectivity index (χ1v) is 7.86. The minimum Gasteiger partial charge on any atom is -0.324 e. The molecule has 2 saturated carbocycles. The average Bonchev–Trinajstić information content (AvgIpc) is 3.27. The highest BCUT2D eigenvalue weighted by molar-refractivity contribution is 6.31. The topological polar surface area (TPSA) is 29.3 Å². The van der Waals surface area contributed by atoms with Gasteiger partial charge in [0.25, 0.3) is 0 Å². The Kier molecular flexibility index (Phi) is 4.11. The van der Waals surface area contributed by atoms with E-state index in [2.05, 4.69) is 11.0 Å². The molecule has 0 aromatic heterocycles. The van der Waals surface area contributed by atoms with Gasteiger partial charge < -0.3 is 10.6 Å². The molecule has 2 N–H and O–H groups in total. The second-order valence-corrected chi connectivity index (χ2v) is 6.49. The van der Waals surface area contributed by atoms with Crippen LogP contribution in [0, 0.1) is 5.92 Å². The normalized spacial score (nSPS) is 20.8. The van der Waals surface area contributed by atoms with E-state index in [9.17, 15) is 0 Å². The Labute approximate surface area is 120 Å². The number of nitrogens with zero attached hydrogens (tertiary/aromatic N) is 1. The molecule has 2 aliphatic carbocycles. The van der Waals surface area contributed by atoms with E-state index < -0.39 is 0 Å². The number of nitrogens with two attached hydrogens (primary N) is 1. The van der Waals surface area contributed by atoms with E-state index in [1.165, 1.54) is 32.2 Å². The van der Waals surface area contributed by atoms with E-state index in [1.54, 1.807) is 0 Å². The molecule has 0 heterocycles. The number of benzene rings is 1. The maximum Gasteiger partial charge on any atom is 0.0453 e. The highest BCUT2D eigenvalue weighted by atomic mass is 35.5. The molecule has 1 aromatic rings. The Morgan fingerprint density at radius 3 is 2.58 bits per heavy atom. The van der Waals surface area contributed by atoms with Gasteiger partial charge in [-0.2, -0.15) is 0 Å². The lowest BCUT2D eigenvalue weighted by molar-refractivity contribution is 0.243. The van der Waals surface area contributed by atoms with E-state index >= 15 is 0 Å². The standard InChI is InChI=1S/C16H23ClN2/c17-15-4-2-1-3-14(15)16(18)9-10-19(13-7-8-13)11-12-5-6-12/h1-4,12-13,16H,5-11,18H2. The highest BCUT2D eigenvalue weighted by Gasteiger charge is 2.33. The van der Waals surface area contributed by atoms with Gasteiger partial charge in [0, 0.05) is 30.2 Å². The number of hydrogen-bond donors (Lipinski definition) is 1. The third-order valence-corrected chi connectivity index (χ3v) is 4.63. The Morgan fingerprint density at radius 1 is 1.21 bits per heavy atom. The van der Waals surface area contributed by atoms with Crippen molar-refractivity contribution in [1.29, 1.82) is 0 Å². The SMILES string of the molecule is NC(CCN(CC1CC1)C1CC1)c1ccccc1Cl. The molecule has 0 aliphatic heterocycles. The van der Waals surface area contributed by atoms with Gasteiger partial charge in [0.15, 0.2) is 0 Å². The number of hydrogen-bond acceptors (Lipinski definition) is 2. The van der Waals surface area contributed by atoms with Gasteiger partial charge >= 0.3 is 0 Å². The fourth-order valence-corrected chi connectivity index (χ4v) is 3.01. The van der Waals surface area contributed by atoms with Crippen LogP contribution >= 0.6 is 11.6 Å². The van der Waals surface area contributed by atoms with Crippen molar-refractivity contribution in [2.75, 3.05) is 13.1 Å². The van der Waals surface area contributed by atoms with Crippen LogP contribution in [0.25, 0.3) is 0 Å². The summed E-state index contributed by atoms with van der Waals surface area (Å²) in [6, 6.07) is 8.87. The van der Waals surface area contributed by atoms with Gasteiger partial charge in [0.1, 0.15) is 0 Å². The van der Waals surface area contributed by atoms with Gasteiger partial charge in [0.2, 0.25) is 0 Å². The van der Waals surface area contributed by atoms with Crippen molar-refractivity contribution in [3.63, 3.8) is 0 Å². The van der Waals surface area contributed by atoms with Gasteiger partial charge in [-0.1, -0.05) is 29.8 Å². The third-order valence-electron chi connectivity index (χ3n) is 4.28. The molecule has 1 aromatic carbocycles. The van der Waals surface area contributed by atoms with E-state index in [1.807, 2.05) is 18.2 Å². The Hall–Kier alpha value is -0.570. The molecule has 1 unspecified atom stereocenters. The molecule has 0 radical (unpaired) electrons. The van der Waals surface area contributed by atoms with Crippen LogP contribution in [0.15, 0.2) is 24.3 Å². The van der Waals surface area contributed by atoms with Crippen LogP contribution in [0.2, 0.25) is 5.02 Å². The van der Waals surface area contributed by atoms with Gasteiger partial charge in [-0.3, -0.25) is 0 Å². The zero-order chi connectivity index (χ0) is 13.2. The number of halogens is 1. The monoisotopic (exact) mass is 278 g/mol. The second kappa shape index (κ2) is 5.82. The molecule has 0 saturated heterocycles. The molecule has 0 amide bonds. The summed E-state index contributed by atoms with van der Waals surface area (Å²) >= 11 is 6.21. The Bertz CT molecular complexity index is 427. The van der Waals surface area contributed by atoms with E-state index in [-0.39, 0.29) is 6.04 Å². The van der Waals surface area contributed by atoms with Crippen LogP contribution in [0.3, 0.4) is 0 Å². The Morgan fingerprint density at radius 2 is 1.95 bits per heavy atom. The predicted molar refractivity (Wildman–Crippen MR) is 80.3 cm³/mol. The summed E-state index contributed by atoms with van der Waals surface area (Å²) < 4.78 is 0. The lowest BCUT2D eigenvalue weighted by Gasteiger charge is -2.24. The molecule has 1 atom stereocenters. The largest absolute Gasteiger partial charge is 0.324 e. The summed E-state index contributed by atoms with van der Waals surface area (Å²) in [5.41, 5.74) is 7.39. The van der Waals surface area contributed by atoms with Crippen LogP contribution in [-0.2, 0) is 0 Å². The molecular formula is C16H23ClN2. The first kappa shape index (κ1) is 13.4. The summed E-state index contributed by atoms with van der Waals surface area (Å²) in [6.07, 6.45) is 6.63. The summed E-state index contributed by atoms with van der Waals surface area (Å²) in [6.45, 7) is 2.41. The van der Waals surface area contributed by atoms with Crippen molar-refractivity contribution in [3.05, 3.63) is 34.9 Å². The lowest BCUT2D eigenvalue weighted by atomic mass is 10.0. The molecule has 0 spiro atoms. The van der Waals surface area contributed by atoms with Crippen molar-refractivity contribution < 1.29 is 0 Å². The first-order valence-electron chi connectivity index (χ1n) is 7.48. The minimum atomic E-state index is 0.0640. The molecule has 2 fully saturated rings. The summed E-state index contributed by atoms with van der Waals surface area (Å²) in [5.74, 6) is 0.970. The maximum atomic E-state index is 6.30. The molecule has 19 heavy (non-hydrogen) atoms. The van der Waals surface area contributed by atoms with Gasteiger partial charge in [-0.15, -0.1) is 0 Å². The van der Waals surface area contributed by atoms with Gasteiger partial charge in [-0.25, -0.2) is 0 Å². The summed E-state index contributed by atoms with van der Waals surface area (Å²) in [7, 11) is 0. The fraction of sp³-hybridized carbons (Fsp3) is 0.625. The van der Waals surface area contributed by atoms with Gasteiger partial charge in [-0.05, 0) is 49.7 Å². The molecule has 3 rings (SSSR count). The smallest absolute Gasteiger partial charge is 0.0453 e. The van der Waals surface area contributed by atoms with E-state index in [4.69, 9.17) is 17.3 Å². The van der Waals surface area contributed by atoms with E-state index in [0.29, 0.717) is 0 Å². The van der Waals surface area contributed by atoms with Crippen LogP contribution in [0.5, 0.6) is 0 Å². The molecule has 2 aliphatic rings. The van der Waals surface area contributed by atoms with E-state index in [0.717, 1.165) is 35.5 Å². The highest BCUT2D eigenvalue weighted by Crippen LogP contribution is 2.35. The molecule has 0 bridgehead atoms. The molecular weight excluding hydrogens is 256 g/mol. The quantitative estimate of drug-likeness (QED) is 0.826. The van der Waals surface area contributed by atoms with Crippen molar-refractivity contribution in [2.45, 2.75) is 44.2 Å². The third kappa shape index (κ3) is 3.71. The summed E-state index contributed by atoms with van der Waals surface area (Å²) in [5, 5.41) is 0.801. The second-order valence-electron chi connectivity index (χ2n) is 6.09. The van der Waals surface area contributed by atoms with Crippen molar-refractivity contribution in [3.8, 4) is 0 Å². The Balaban J connectivity index is 1.53. The average molecular weight is 279 g/mol. The molecule has 104 valence electrons. The fourth-order valence-electron chi connectivity index (χ4n) is 2.73. The van der Waals surface area contributed by atoms with Crippen LogP contribution in [0.4, 0.5) is 0 Å². The van der Waals surface area contributed by atoms with Crippen molar-refractivity contribution >= 4 is 11.6 Å². The number of rotatable bonds is 7. The first-order chi connectivity index (χ1) is 9.24. The van der Waals surface area contributed by atoms with Crippen LogP contribution in [-0.4, -0.2) is 24.0 Å². The van der Waals surface area contributed by atoms with Gasteiger partial charge in [0.05, 0.1) is 0 Å².